The van der Waals surface area contributed by atoms with Crippen molar-refractivity contribution in [2.24, 2.45) is 5.92 Å². The summed E-state index contributed by atoms with van der Waals surface area (Å²) in [5.74, 6) is 3.15. The highest BCUT2D eigenvalue weighted by molar-refractivity contribution is 5.53. The minimum Gasteiger partial charge on any atom is -0.476 e. The van der Waals surface area contributed by atoms with Crippen LogP contribution in [0.25, 0.3) is 0 Å². The van der Waals surface area contributed by atoms with Crippen molar-refractivity contribution in [3.63, 3.8) is 0 Å². The zero-order valence-electron chi connectivity index (χ0n) is 12.0. The number of nitrogens with one attached hydrogen (secondary N) is 1. The topological polar surface area (TPSA) is 99.1 Å². The van der Waals surface area contributed by atoms with Gasteiger partial charge in [-0.2, -0.15) is 9.97 Å². The lowest BCUT2D eigenvalue weighted by Gasteiger charge is -2.10. The summed E-state index contributed by atoms with van der Waals surface area (Å²) in [6.45, 7) is 3.15. The number of aromatic nitrogens is 3. The fourth-order valence-corrected chi connectivity index (χ4v) is 1.89. The first kappa shape index (κ1) is 13.7. The van der Waals surface area contributed by atoms with E-state index in [1.165, 1.54) is 12.8 Å². The van der Waals surface area contributed by atoms with Crippen molar-refractivity contribution in [3.8, 4) is 5.88 Å². The number of nitrogen functional groups attached to an aromatic ring is 1. The number of nitrogens with zero attached hydrogens (tertiary/aromatic N) is 3. The maximum absolute atomic E-state index is 5.87. The molecule has 2 heterocycles. The van der Waals surface area contributed by atoms with Gasteiger partial charge >= 0.3 is 0 Å². The fraction of sp³-hybridized carbons (Fsp3) is 0.500. The van der Waals surface area contributed by atoms with E-state index in [0.717, 1.165) is 5.82 Å². The first-order valence-electron chi connectivity index (χ1n) is 7.13. The number of hydrogen-bond acceptors (Lipinski definition) is 7. The molecule has 21 heavy (non-hydrogen) atoms. The highest BCUT2D eigenvalue weighted by atomic mass is 16.5. The smallest absolute Gasteiger partial charge is 0.239 e. The summed E-state index contributed by atoms with van der Waals surface area (Å²) < 4.78 is 10.7. The molecule has 0 saturated heterocycles. The van der Waals surface area contributed by atoms with Gasteiger partial charge < -0.3 is 20.3 Å². The molecule has 0 amide bonds. The number of rotatable bonds is 7. The van der Waals surface area contributed by atoms with Gasteiger partial charge in [0.2, 0.25) is 11.8 Å². The van der Waals surface area contributed by atoms with Crippen LogP contribution in [0.5, 0.6) is 5.88 Å². The van der Waals surface area contributed by atoms with Crippen molar-refractivity contribution in [1.82, 2.24) is 15.1 Å². The number of hydrogen-bond donors (Lipinski definition) is 2. The molecular formula is C14H19N5O2. The van der Waals surface area contributed by atoms with Crippen LogP contribution in [0.15, 0.2) is 16.7 Å². The van der Waals surface area contributed by atoms with Crippen LogP contribution >= 0.6 is 0 Å². The van der Waals surface area contributed by atoms with Crippen molar-refractivity contribution in [1.29, 1.82) is 0 Å². The zero-order chi connectivity index (χ0) is 14.7. The van der Waals surface area contributed by atoms with E-state index in [1.807, 2.05) is 6.07 Å². The van der Waals surface area contributed by atoms with Crippen molar-refractivity contribution < 1.29 is 9.26 Å². The van der Waals surface area contributed by atoms with Crippen LogP contribution in [-0.4, -0.2) is 28.3 Å². The van der Waals surface area contributed by atoms with Crippen LogP contribution < -0.4 is 15.8 Å². The summed E-state index contributed by atoms with van der Waals surface area (Å²) in [6.07, 6.45) is 3.12. The van der Waals surface area contributed by atoms with Crippen LogP contribution in [-0.2, 0) is 6.42 Å². The molecule has 0 spiro atoms. The Morgan fingerprint density at radius 1 is 1.38 bits per heavy atom. The summed E-state index contributed by atoms with van der Waals surface area (Å²) in [4.78, 5) is 8.53. The Balaban J connectivity index is 1.53. The molecule has 1 aliphatic rings. The lowest BCUT2D eigenvalue weighted by Crippen LogP contribution is -2.09. The van der Waals surface area contributed by atoms with Gasteiger partial charge in [-0.05, 0) is 37.8 Å². The third-order valence-electron chi connectivity index (χ3n) is 3.26. The molecule has 0 unspecified atom stereocenters. The van der Waals surface area contributed by atoms with Crippen LogP contribution in [0.2, 0.25) is 0 Å². The molecule has 0 aliphatic heterocycles. The largest absolute Gasteiger partial charge is 0.476 e. The van der Waals surface area contributed by atoms with Gasteiger partial charge in [0.1, 0.15) is 5.82 Å². The predicted molar refractivity (Wildman–Crippen MR) is 78.1 cm³/mol. The molecule has 7 nitrogen and oxygen atoms in total. The Morgan fingerprint density at radius 3 is 2.95 bits per heavy atom. The van der Waals surface area contributed by atoms with E-state index in [-0.39, 0.29) is 0 Å². The average Bonchev–Trinajstić information content (AvgIpc) is 3.21. The highest BCUT2D eigenvalue weighted by Gasteiger charge is 2.22. The Hall–Kier alpha value is -2.31. The molecule has 1 aliphatic carbocycles. The fourth-order valence-electron chi connectivity index (χ4n) is 1.89. The molecule has 0 radical (unpaired) electrons. The van der Waals surface area contributed by atoms with E-state index in [0.29, 0.717) is 48.8 Å². The van der Waals surface area contributed by atoms with Gasteiger partial charge in [0, 0.05) is 13.0 Å². The molecule has 0 atom stereocenters. The minimum atomic E-state index is 0.500. The number of ether oxygens (including phenoxy) is 1. The molecule has 3 N–H and O–H groups in total. The van der Waals surface area contributed by atoms with Crippen molar-refractivity contribution in [2.75, 3.05) is 24.2 Å². The summed E-state index contributed by atoms with van der Waals surface area (Å²) >= 11 is 0. The third kappa shape index (κ3) is 3.84. The van der Waals surface area contributed by atoms with E-state index in [1.54, 1.807) is 13.0 Å². The molecule has 112 valence electrons. The number of nitrogens with two attached hydrogens (primary N) is 1. The Labute approximate surface area is 122 Å². The average molecular weight is 289 g/mol. The van der Waals surface area contributed by atoms with Crippen molar-refractivity contribution >= 4 is 11.5 Å². The molecule has 1 saturated carbocycles. The number of aryl methyl sites for hydroxylation is 1. The Morgan fingerprint density at radius 2 is 2.24 bits per heavy atom. The quantitative estimate of drug-likeness (QED) is 0.801. The normalized spacial score (nSPS) is 14.1. The summed E-state index contributed by atoms with van der Waals surface area (Å²) in [7, 11) is 0. The summed E-state index contributed by atoms with van der Waals surface area (Å²) in [6, 6.07) is 3.63. The molecule has 0 bridgehead atoms. The molecule has 0 aromatic carbocycles. The Bertz CT molecular complexity index is 609. The predicted octanol–water partition coefficient (Wildman–Crippen LogP) is 1.80. The second-order valence-electron chi connectivity index (χ2n) is 5.26. The van der Waals surface area contributed by atoms with Crippen LogP contribution in [0, 0.1) is 12.8 Å². The van der Waals surface area contributed by atoms with Gasteiger partial charge in [-0.1, -0.05) is 5.16 Å². The zero-order valence-corrected chi connectivity index (χ0v) is 12.0. The Kier molecular flexibility index (Phi) is 3.89. The van der Waals surface area contributed by atoms with Crippen molar-refractivity contribution in [2.45, 2.75) is 26.2 Å². The first-order chi connectivity index (χ1) is 10.2. The molecule has 2 aromatic rings. The van der Waals surface area contributed by atoms with Crippen LogP contribution in [0.4, 0.5) is 11.5 Å². The SMILES string of the molecule is Cc1noc(CCNc2ccc(N)c(OCC3CC3)n2)n1. The van der Waals surface area contributed by atoms with Crippen LogP contribution in [0.3, 0.4) is 0 Å². The number of pyridine rings is 1. The third-order valence-corrected chi connectivity index (χ3v) is 3.26. The molecule has 1 fully saturated rings. The maximum atomic E-state index is 5.87. The lowest BCUT2D eigenvalue weighted by molar-refractivity contribution is 0.290. The standard InChI is InChI=1S/C14H19N5O2/c1-9-17-13(21-19-9)6-7-16-12-5-4-11(15)14(18-12)20-8-10-2-3-10/h4-5,10H,2-3,6-8,15H2,1H3,(H,16,18). The van der Waals surface area contributed by atoms with Gasteiger partial charge in [-0.25, -0.2) is 0 Å². The van der Waals surface area contributed by atoms with E-state index < -0.39 is 0 Å². The van der Waals surface area contributed by atoms with E-state index in [9.17, 15) is 0 Å². The molecule has 7 heteroatoms. The van der Waals surface area contributed by atoms with E-state index >= 15 is 0 Å². The monoisotopic (exact) mass is 289 g/mol. The minimum absolute atomic E-state index is 0.500. The summed E-state index contributed by atoms with van der Waals surface area (Å²) in [5.41, 5.74) is 6.43. The van der Waals surface area contributed by atoms with Gasteiger partial charge in [-0.15, -0.1) is 0 Å². The first-order valence-corrected chi connectivity index (χ1v) is 7.13. The second-order valence-corrected chi connectivity index (χ2v) is 5.26. The highest BCUT2D eigenvalue weighted by Crippen LogP contribution is 2.30. The lowest BCUT2D eigenvalue weighted by atomic mass is 10.3. The maximum Gasteiger partial charge on any atom is 0.239 e. The molecular weight excluding hydrogens is 270 g/mol. The van der Waals surface area contributed by atoms with Crippen molar-refractivity contribution in [3.05, 3.63) is 23.8 Å². The van der Waals surface area contributed by atoms with Gasteiger partial charge in [0.15, 0.2) is 5.82 Å². The van der Waals surface area contributed by atoms with Gasteiger partial charge in [0.05, 0.1) is 12.3 Å². The molecule has 3 rings (SSSR count). The number of anilines is 2. The molecule has 2 aromatic heterocycles. The van der Waals surface area contributed by atoms with E-state index in [4.69, 9.17) is 15.0 Å². The van der Waals surface area contributed by atoms with Gasteiger partial charge in [0.25, 0.3) is 0 Å². The van der Waals surface area contributed by atoms with Crippen LogP contribution in [0.1, 0.15) is 24.6 Å². The van der Waals surface area contributed by atoms with Gasteiger partial charge in [-0.3, -0.25) is 0 Å². The van der Waals surface area contributed by atoms with E-state index in [2.05, 4.69) is 20.4 Å². The second kappa shape index (κ2) is 5.99. The summed E-state index contributed by atoms with van der Waals surface area (Å²) in [5, 5.41) is 6.95.